The Kier molecular flexibility index (Phi) is 5.77. The summed E-state index contributed by atoms with van der Waals surface area (Å²) in [6.45, 7) is 10.3. The van der Waals surface area contributed by atoms with Crippen LogP contribution < -0.4 is 5.73 Å². The first-order valence-corrected chi connectivity index (χ1v) is 10.5. The van der Waals surface area contributed by atoms with E-state index in [2.05, 4.69) is 20.0 Å². The molecule has 4 heterocycles. The Morgan fingerprint density at radius 2 is 1.84 bits per heavy atom. The number of rotatable bonds is 4. The molecule has 4 rings (SSSR count). The molecule has 164 valence electrons. The molecular formula is C22H29N7O2. The number of ether oxygens (including phenoxy) is 1. The molecule has 0 atom stereocenters. The van der Waals surface area contributed by atoms with E-state index in [1.54, 1.807) is 11.0 Å². The number of hydrogen-bond donors (Lipinski definition) is 1. The van der Waals surface area contributed by atoms with Gasteiger partial charge in [-0.25, -0.2) is 9.78 Å². The number of carbonyl (C=O) groups excluding carboxylic acids is 1. The number of fused-ring (bicyclic) bond motifs is 1. The summed E-state index contributed by atoms with van der Waals surface area (Å²) in [6.07, 6.45) is 5.46. The third-order valence-corrected chi connectivity index (χ3v) is 5.19. The zero-order valence-corrected chi connectivity index (χ0v) is 18.3. The number of amides is 1. The first-order chi connectivity index (χ1) is 14.8. The van der Waals surface area contributed by atoms with E-state index in [4.69, 9.17) is 10.5 Å². The molecule has 0 radical (unpaired) electrons. The fourth-order valence-electron chi connectivity index (χ4n) is 3.54. The fourth-order valence-corrected chi connectivity index (χ4v) is 3.54. The van der Waals surface area contributed by atoms with Gasteiger partial charge in [0.2, 0.25) is 0 Å². The third kappa shape index (κ3) is 5.29. The second-order valence-electron chi connectivity index (χ2n) is 8.80. The Balaban J connectivity index is 1.31. The summed E-state index contributed by atoms with van der Waals surface area (Å²) in [5, 5.41) is 4.49. The van der Waals surface area contributed by atoms with Gasteiger partial charge in [0.25, 0.3) is 0 Å². The van der Waals surface area contributed by atoms with E-state index in [9.17, 15) is 4.79 Å². The summed E-state index contributed by atoms with van der Waals surface area (Å²) in [6, 6.07) is 5.60. The summed E-state index contributed by atoms with van der Waals surface area (Å²) in [7, 11) is 0. The van der Waals surface area contributed by atoms with Crippen molar-refractivity contribution >= 4 is 22.9 Å². The van der Waals surface area contributed by atoms with Crippen LogP contribution in [-0.2, 0) is 11.3 Å². The highest BCUT2D eigenvalue weighted by Gasteiger charge is 2.25. The molecule has 0 bridgehead atoms. The summed E-state index contributed by atoms with van der Waals surface area (Å²) in [5.41, 5.74) is 8.87. The van der Waals surface area contributed by atoms with E-state index in [-0.39, 0.29) is 6.09 Å². The van der Waals surface area contributed by atoms with Gasteiger partial charge in [-0.2, -0.15) is 5.10 Å². The Hall–Kier alpha value is -3.20. The molecule has 1 aliphatic rings. The van der Waals surface area contributed by atoms with Crippen LogP contribution in [0.5, 0.6) is 0 Å². The van der Waals surface area contributed by atoms with Crippen molar-refractivity contribution in [2.45, 2.75) is 32.9 Å². The number of nitrogens with two attached hydrogens (primary N) is 1. The van der Waals surface area contributed by atoms with Crippen molar-refractivity contribution < 1.29 is 9.53 Å². The highest BCUT2D eigenvalue weighted by molar-refractivity contribution is 5.81. The van der Waals surface area contributed by atoms with Gasteiger partial charge >= 0.3 is 6.09 Å². The monoisotopic (exact) mass is 423 g/mol. The van der Waals surface area contributed by atoms with Crippen molar-refractivity contribution in [1.82, 2.24) is 29.5 Å². The van der Waals surface area contributed by atoms with E-state index >= 15 is 0 Å². The van der Waals surface area contributed by atoms with Gasteiger partial charge in [-0.1, -0.05) is 0 Å². The molecule has 1 amide bonds. The Bertz CT molecular complexity index is 1070. The quantitative estimate of drug-likeness (QED) is 0.688. The number of carbonyl (C=O) groups is 1. The van der Waals surface area contributed by atoms with Crippen molar-refractivity contribution in [2.75, 3.05) is 38.5 Å². The molecule has 0 unspecified atom stereocenters. The van der Waals surface area contributed by atoms with Gasteiger partial charge in [-0.05, 0) is 39.0 Å². The van der Waals surface area contributed by atoms with Gasteiger partial charge < -0.3 is 15.4 Å². The molecule has 0 spiro atoms. The number of hydrogen-bond acceptors (Lipinski definition) is 7. The molecule has 1 saturated heterocycles. The van der Waals surface area contributed by atoms with Gasteiger partial charge in [0, 0.05) is 56.2 Å². The van der Waals surface area contributed by atoms with Gasteiger partial charge in [-0.3, -0.25) is 14.6 Å². The normalized spacial score (nSPS) is 15.4. The van der Waals surface area contributed by atoms with Gasteiger partial charge in [0.15, 0.2) is 0 Å². The molecule has 9 heteroatoms. The third-order valence-electron chi connectivity index (χ3n) is 5.19. The van der Waals surface area contributed by atoms with E-state index in [0.717, 1.165) is 48.3 Å². The molecule has 0 saturated carbocycles. The lowest BCUT2D eigenvalue weighted by Gasteiger charge is -2.35. The Morgan fingerprint density at radius 3 is 2.58 bits per heavy atom. The maximum absolute atomic E-state index is 12.2. The number of nitrogens with zero attached hydrogens (tertiary/aromatic N) is 6. The first-order valence-electron chi connectivity index (χ1n) is 10.5. The molecule has 1 fully saturated rings. The van der Waals surface area contributed by atoms with Crippen molar-refractivity contribution in [2.24, 2.45) is 0 Å². The van der Waals surface area contributed by atoms with E-state index in [1.165, 1.54) is 0 Å². The Labute approximate surface area is 181 Å². The highest BCUT2D eigenvalue weighted by Crippen LogP contribution is 2.22. The van der Waals surface area contributed by atoms with Crippen molar-refractivity contribution in [1.29, 1.82) is 0 Å². The summed E-state index contributed by atoms with van der Waals surface area (Å²) < 4.78 is 7.39. The predicted octanol–water partition coefficient (Wildman–Crippen LogP) is 2.63. The smallest absolute Gasteiger partial charge is 0.410 e. The molecule has 31 heavy (non-hydrogen) atoms. The van der Waals surface area contributed by atoms with Crippen molar-refractivity contribution in [3.8, 4) is 11.1 Å². The van der Waals surface area contributed by atoms with Gasteiger partial charge in [-0.15, -0.1) is 0 Å². The molecule has 0 aliphatic carbocycles. The van der Waals surface area contributed by atoms with Crippen LogP contribution in [0, 0.1) is 0 Å². The number of nitrogen functional groups attached to an aromatic ring is 1. The van der Waals surface area contributed by atoms with Crippen molar-refractivity contribution in [3.05, 3.63) is 36.8 Å². The zero-order chi connectivity index (χ0) is 22.0. The predicted molar refractivity (Wildman–Crippen MR) is 119 cm³/mol. The molecule has 1 aliphatic heterocycles. The van der Waals surface area contributed by atoms with Crippen LogP contribution in [0.4, 0.5) is 10.6 Å². The van der Waals surface area contributed by atoms with Crippen LogP contribution >= 0.6 is 0 Å². The fraction of sp³-hybridized carbons (Fsp3) is 0.455. The minimum Gasteiger partial charge on any atom is -0.444 e. The molecule has 0 aromatic carbocycles. The number of aromatic nitrogens is 4. The second kappa shape index (κ2) is 8.50. The average Bonchev–Trinajstić information content (AvgIpc) is 3.20. The molecule has 3 aromatic rings. The Morgan fingerprint density at radius 1 is 1.06 bits per heavy atom. The molecular weight excluding hydrogens is 394 g/mol. The molecule has 9 nitrogen and oxygen atoms in total. The minimum absolute atomic E-state index is 0.232. The van der Waals surface area contributed by atoms with E-state index in [0.29, 0.717) is 18.9 Å². The molecule has 2 N–H and O–H groups in total. The standard InChI is InChI=1S/C22H29N7O2/c1-22(2,3)31-21(30)28-9-6-27(7-10-28)8-11-29-15-17(14-25-29)16-12-19-18(24-13-16)4-5-20(23)26-19/h4-5,12-15H,6-11H2,1-3H3,(H2,23,26). The van der Waals surface area contributed by atoms with Crippen LogP contribution in [0.25, 0.3) is 22.2 Å². The zero-order valence-electron chi connectivity index (χ0n) is 18.3. The number of pyridine rings is 2. The van der Waals surface area contributed by atoms with Crippen LogP contribution in [0.2, 0.25) is 0 Å². The number of anilines is 1. The van der Waals surface area contributed by atoms with Crippen LogP contribution in [0.1, 0.15) is 20.8 Å². The largest absolute Gasteiger partial charge is 0.444 e. The second-order valence-corrected chi connectivity index (χ2v) is 8.80. The summed E-state index contributed by atoms with van der Waals surface area (Å²) >= 11 is 0. The minimum atomic E-state index is -0.463. The lowest BCUT2D eigenvalue weighted by atomic mass is 10.1. The van der Waals surface area contributed by atoms with Crippen LogP contribution in [0.3, 0.4) is 0 Å². The first kappa shape index (κ1) is 21.0. The van der Waals surface area contributed by atoms with Gasteiger partial charge in [0.05, 0.1) is 23.8 Å². The highest BCUT2D eigenvalue weighted by atomic mass is 16.6. The lowest BCUT2D eigenvalue weighted by Crippen LogP contribution is -2.50. The van der Waals surface area contributed by atoms with Crippen LogP contribution in [-0.4, -0.2) is 74.0 Å². The maximum atomic E-state index is 12.2. The van der Waals surface area contributed by atoms with E-state index < -0.39 is 5.60 Å². The SMILES string of the molecule is CC(C)(C)OC(=O)N1CCN(CCn2cc(-c3cnc4ccc(N)nc4c3)cn2)CC1. The van der Waals surface area contributed by atoms with Gasteiger partial charge in [0.1, 0.15) is 11.4 Å². The summed E-state index contributed by atoms with van der Waals surface area (Å²) in [5.74, 6) is 0.480. The van der Waals surface area contributed by atoms with E-state index in [1.807, 2.05) is 56.2 Å². The summed E-state index contributed by atoms with van der Waals surface area (Å²) in [4.78, 5) is 25.1. The topological polar surface area (TPSA) is 102 Å². The average molecular weight is 424 g/mol. The maximum Gasteiger partial charge on any atom is 0.410 e. The lowest BCUT2D eigenvalue weighted by molar-refractivity contribution is 0.0142. The number of piperazine rings is 1. The molecule has 3 aromatic heterocycles. The van der Waals surface area contributed by atoms with Crippen LogP contribution in [0.15, 0.2) is 36.8 Å². The van der Waals surface area contributed by atoms with Crippen molar-refractivity contribution in [3.63, 3.8) is 0 Å².